The molecule has 0 aromatic carbocycles. The SMILES string of the molecule is CCOC(=O)c1c[nH]c(I)c1CC. The van der Waals surface area contributed by atoms with Crippen LogP contribution in [0.2, 0.25) is 0 Å². The summed E-state index contributed by atoms with van der Waals surface area (Å²) in [5.41, 5.74) is 1.70. The predicted octanol–water partition coefficient (Wildman–Crippen LogP) is 2.36. The Balaban J connectivity index is 2.93. The molecule has 0 atom stereocenters. The minimum atomic E-state index is -0.237. The maximum Gasteiger partial charge on any atom is 0.339 e. The summed E-state index contributed by atoms with van der Waals surface area (Å²) in [7, 11) is 0. The van der Waals surface area contributed by atoms with Crippen molar-refractivity contribution in [2.45, 2.75) is 20.3 Å². The van der Waals surface area contributed by atoms with Crippen LogP contribution < -0.4 is 0 Å². The molecular weight excluding hydrogens is 281 g/mol. The van der Waals surface area contributed by atoms with Gasteiger partial charge in [0.05, 0.1) is 15.9 Å². The molecule has 0 saturated carbocycles. The van der Waals surface area contributed by atoms with Crippen molar-refractivity contribution in [2.24, 2.45) is 0 Å². The van der Waals surface area contributed by atoms with Crippen molar-refractivity contribution < 1.29 is 9.53 Å². The lowest BCUT2D eigenvalue weighted by Gasteiger charge is -2.01. The van der Waals surface area contributed by atoms with E-state index >= 15 is 0 Å². The van der Waals surface area contributed by atoms with Crippen molar-refractivity contribution in [3.63, 3.8) is 0 Å². The number of aromatic nitrogens is 1. The first-order valence-corrected chi connectivity index (χ1v) is 5.31. The number of H-pyrrole nitrogens is 1. The van der Waals surface area contributed by atoms with Crippen molar-refractivity contribution in [2.75, 3.05) is 6.61 Å². The van der Waals surface area contributed by atoms with Crippen molar-refractivity contribution >= 4 is 28.6 Å². The van der Waals surface area contributed by atoms with E-state index in [2.05, 4.69) is 27.6 Å². The molecular formula is C9H12INO2. The van der Waals surface area contributed by atoms with Gasteiger partial charge in [-0.2, -0.15) is 0 Å². The standard InChI is InChI=1S/C9H12INO2/c1-3-6-7(5-11-8(6)10)9(12)13-4-2/h5,11H,3-4H2,1-2H3. The van der Waals surface area contributed by atoms with Gasteiger partial charge in [0.2, 0.25) is 0 Å². The number of hydrogen-bond donors (Lipinski definition) is 1. The molecule has 0 saturated heterocycles. The summed E-state index contributed by atoms with van der Waals surface area (Å²) in [6, 6.07) is 0. The molecule has 1 heterocycles. The normalized spacial score (nSPS) is 10.1. The molecule has 0 aliphatic rings. The average Bonchev–Trinajstić information content (AvgIpc) is 2.47. The third kappa shape index (κ3) is 2.24. The third-order valence-electron chi connectivity index (χ3n) is 1.78. The predicted molar refractivity (Wildman–Crippen MR) is 58.8 cm³/mol. The highest BCUT2D eigenvalue weighted by Crippen LogP contribution is 2.17. The first-order chi connectivity index (χ1) is 6.20. The topological polar surface area (TPSA) is 42.1 Å². The number of hydrogen-bond acceptors (Lipinski definition) is 2. The van der Waals surface area contributed by atoms with E-state index in [4.69, 9.17) is 4.74 Å². The molecule has 0 aliphatic heterocycles. The third-order valence-corrected chi connectivity index (χ3v) is 2.74. The maximum atomic E-state index is 11.4. The van der Waals surface area contributed by atoms with Crippen molar-refractivity contribution in [1.82, 2.24) is 4.98 Å². The number of carbonyl (C=O) groups is 1. The minimum absolute atomic E-state index is 0.237. The molecule has 1 aromatic heterocycles. The van der Waals surface area contributed by atoms with Crippen molar-refractivity contribution in [1.29, 1.82) is 0 Å². The number of halogens is 1. The van der Waals surface area contributed by atoms with Gasteiger partial charge in [-0.3, -0.25) is 0 Å². The Bertz CT molecular complexity index is 307. The number of esters is 1. The number of carbonyl (C=O) groups excluding carboxylic acids is 1. The second-order valence-corrected chi connectivity index (χ2v) is 3.65. The van der Waals surface area contributed by atoms with Crippen LogP contribution >= 0.6 is 22.6 Å². The molecule has 0 bridgehead atoms. The lowest BCUT2D eigenvalue weighted by atomic mass is 10.1. The second-order valence-electron chi connectivity index (χ2n) is 2.57. The Hall–Kier alpha value is -0.520. The fraction of sp³-hybridized carbons (Fsp3) is 0.444. The van der Waals surface area contributed by atoms with E-state index < -0.39 is 0 Å². The molecule has 72 valence electrons. The lowest BCUT2D eigenvalue weighted by molar-refractivity contribution is 0.0525. The smallest absolute Gasteiger partial charge is 0.339 e. The van der Waals surface area contributed by atoms with Crippen molar-refractivity contribution in [3.05, 3.63) is 21.0 Å². The van der Waals surface area contributed by atoms with Gasteiger partial charge in [-0.1, -0.05) is 6.92 Å². The number of ether oxygens (including phenoxy) is 1. The van der Waals surface area contributed by atoms with Gasteiger partial charge in [0.1, 0.15) is 0 Å². The fourth-order valence-electron chi connectivity index (χ4n) is 1.16. The monoisotopic (exact) mass is 293 g/mol. The van der Waals surface area contributed by atoms with Crippen LogP contribution in [0.4, 0.5) is 0 Å². The Kier molecular flexibility index (Phi) is 3.77. The molecule has 1 rings (SSSR count). The summed E-state index contributed by atoms with van der Waals surface area (Å²) in [5, 5.41) is 0. The van der Waals surface area contributed by atoms with Crippen LogP contribution in [-0.4, -0.2) is 17.6 Å². The van der Waals surface area contributed by atoms with Crippen LogP contribution in [0.25, 0.3) is 0 Å². The maximum absolute atomic E-state index is 11.4. The molecule has 1 N–H and O–H groups in total. The molecule has 3 nitrogen and oxygen atoms in total. The van der Waals surface area contributed by atoms with Crippen LogP contribution in [0.1, 0.15) is 29.8 Å². The van der Waals surface area contributed by atoms with Crippen LogP contribution in [0.3, 0.4) is 0 Å². The molecule has 0 fully saturated rings. The van der Waals surface area contributed by atoms with Gasteiger partial charge >= 0.3 is 5.97 Å². The second kappa shape index (κ2) is 4.64. The molecule has 4 heteroatoms. The zero-order valence-electron chi connectivity index (χ0n) is 7.69. The van der Waals surface area contributed by atoms with E-state index in [1.165, 1.54) is 0 Å². The first-order valence-electron chi connectivity index (χ1n) is 4.23. The molecule has 0 spiro atoms. The van der Waals surface area contributed by atoms with Crippen LogP contribution in [0.5, 0.6) is 0 Å². The Morgan fingerprint density at radius 1 is 1.62 bits per heavy atom. The quantitative estimate of drug-likeness (QED) is 0.686. The fourth-order valence-corrected chi connectivity index (χ4v) is 1.99. The minimum Gasteiger partial charge on any atom is -0.462 e. The van der Waals surface area contributed by atoms with Gasteiger partial charge < -0.3 is 9.72 Å². The zero-order valence-corrected chi connectivity index (χ0v) is 9.84. The highest BCUT2D eigenvalue weighted by molar-refractivity contribution is 14.1. The molecule has 0 amide bonds. The summed E-state index contributed by atoms with van der Waals surface area (Å²) < 4.78 is 5.94. The van der Waals surface area contributed by atoms with E-state index in [0.717, 1.165) is 15.7 Å². The first kappa shape index (κ1) is 10.6. The van der Waals surface area contributed by atoms with Gasteiger partial charge in [0, 0.05) is 6.20 Å². The van der Waals surface area contributed by atoms with E-state index in [1.807, 2.05) is 6.92 Å². The van der Waals surface area contributed by atoms with Gasteiger partial charge in [-0.05, 0) is 41.5 Å². The van der Waals surface area contributed by atoms with E-state index in [9.17, 15) is 4.79 Å². The van der Waals surface area contributed by atoms with Crippen molar-refractivity contribution in [3.8, 4) is 0 Å². The number of nitrogens with one attached hydrogen (secondary N) is 1. The van der Waals surface area contributed by atoms with Gasteiger partial charge in [-0.25, -0.2) is 4.79 Å². The lowest BCUT2D eigenvalue weighted by Crippen LogP contribution is -2.05. The van der Waals surface area contributed by atoms with Crippen LogP contribution in [0.15, 0.2) is 6.20 Å². The molecule has 1 aromatic rings. The highest BCUT2D eigenvalue weighted by Gasteiger charge is 2.15. The summed E-state index contributed by atoms with van der Waals surface area (Å²) in [6.45, 7) is 4.25. The molecule has 13 heavy (non-hydrogen) atoms. The van der Waals surface area contributed by atoms with Gasteiger partial charge in [0.25, 0.3) is 0 Å². The molecule has 0 aliphatic carbocycles. The Morgan fingerprint density at radius 3 is 2.85 bits per heavy atom. The summed E-state index contributed by atoms with van der Waals surface area (Å²) in [6.07, 6.45) is 2.55. The van der Waals surface area contributed by atoms with Gasteiger partial charge in [-0.15, -0.1) is 0 Å². The van der Waals surface area contributed by atoms with Crippen LogP contribution in [-0.2, 0) is 11.2 Å². The largest absolute Gasteiger partial charge is 0.462 e. The number of aromatic amines is 1. The van der Waals surface area contributed by atoms with E-state index in [-0.39, 0.29) is 5.97 Å². The summed E-state index contributed by atoms with van der Waals surface area (Å²) in [5.74, 6) is -0.237. The Morgan fingerprint density at radius 2 is 2.31 bits per heavy atom. The van der Waals surface area contributed by atoms with Gasteiger partial charge in [0.15, 0.2) is 0 Å². The average molecular weight is 293 g/mol. The zero-order chi connectivity index (χ0) is 9.84. The van der Waals surface area contributed by atoms with E-state index in [1.54, 1.807) is 13.1 Å². The summed E-state index contributed by atoms with van der Waals surface area (Å²) >= 11 is 2.18. The van der Waals surface area contributed by atoms with Crippen LogP contribution in [0, 0.1) is 3.70 Å². The molecule has 0 unspecified atom stereocenters. The molecule has 0 radical (unpaired) electrons. The highest BCUT2D eigenvalue weighted by atomic mass is 127. The summed E-state index contributed by atoms with van der Waals surface area (Å²) in [4.78, 5) is 14.4. The van der Waals surface area contributed by atoms with E-state index in [0.29, 0.717) is 12.2 Å². The Labute approximate surface area is 91.0 Å². The number of rotatable bonds is 3.